The van der Waals surface area contributed by atoms with Crippen LogP contribution in [0.4, 0.5) is 61.5 Å². The molecular weight excluding hydrogens is 438 g/mol. The fourth-order valence-electron chi connectivity index (χ4n) is 1.85. The predicted octanol–water partition coefficient (Wildman–Crippen LogP) is 5.51. The minimum absolute atomic E-state index is 0.216. The lowest BCUT2D eigenvalue weighted by molar-refractivity contribution is -0.343. The molecule has 0 heterocycles. The Labute approximate surface area is 146 Å². The van der Waals surface area contributed by atoms with Crippen molar-refractivity contribution in [1.29, 1.82) is 10.5 Å². The monoisotopic (exact) mass is 444 g/mol. The third kappa shape index (κ3) is 4.70. The maximum atomic E-state index is 13.5. The molecular formula is C12H6F14N2. The minimum atomic E-state index is -7.01. The van der Waals surface area contributed by atoms with Gasteiger partial charge in [0.05, 0.1) is 18.6 Å². The second-order valence-corrected chi connectivity index (χ2v) is 5.53. The van der Waals surface area contributed by atoms with Crippen molar-refractivity contribution in [2.75, 3.05) is 0 Å². The molecule has 0 aromatic rings. The van der Waals surface area contributed by atoms with E-state index in [-0.39, 0.29) is 12.1 Å². The normalized spacial score (nSPS) is 15.9. The van der Waals surface area contributed by atoms with Crippen molar-refractivity contribution in [1.82, 2.24) is 0 Å². The highest BCUT2D eigenvalue weighted by molar-refractivity contribution is 5.19. The summed E-state index contributed by atoms with van der Waals surface area (Å²) in [6.07, 6.45) is -23.3. The highest BCUT2D eigenvalue weighted by Gasteiger charge is 2.76. The highest BCUT2D eigenvalue weighted by Crippen LogP contribution is 2.54. The first kappa shape index (κ1) is 26.0. The number of nitriles is 2. The van der Waals surface area contributed by atoms with Gasteiger partial charge in [0.15, 0.2) is 5.41 Å². The molecule has 0 rings (SSSR count). The van der Waals surface area contributed by atoms with E-state index in [1.165, 1.54) is 0 Å². The summed E-state index contributed by atoms with van der Waals surface area (Å²) in [6, 6.07) is 0.431. The summed E-state index contributed by atoms with van der Waals surface area (Å²) in [4.78, 5) is 0. The van der Waals surface area contributed by atoms with Gasteiger partial charge in [0, 0.05) is 6.42 Å². The summed E-state index contributed by atoms with van der Waals surface area (Å²) < 4.78 is 178. The molecule has 16 heteroatoms. The first-order valence-corrected chi connectivity index (χ1v) is 6.46. The molecule has 0 bridgehead atoms. The van der Waals surface area contributed by atoms with Crippen molar-refractivity contribution >= 4 is 0 Å². The zero-order valence-electron chi connectivity index (χ0n) is 12.8. The summed E-state index contributed by atoms with van der Waals surface area (Å²) in [5.74, 6) is -26.1. The van der Waals surface area contributed by atoms with E-state index in [4.69, 9.17) is 10.5 Å². The van der Waals surface area contributed by atoms with Crippen molar-refractivity contribution in [3.8, 4) is 12.1 Å². The standard InChI is InChI=1S/C12H6F14N2/c13-5(11(22,23)24)8(16,17)1-7(3-27,4-28)2-9(18,19)12(25,26)10(20,21)6(14)15/h5-6H,1-2H2. The Bertz CT molecular complexity index is 624. The van der Waals surface area contributed by atoms with E-state index >= 15 is 0 Å². The Morgan fingerprint density at radius 3 is 1.36 bits per heavy atom. The summed E-state index contributed by atoms with van der Waals surface area (Å²) in [5.41, 5.74) is -4.27. The van der Waals surface area contributed by atoms with Crippen LogP contribution in [0.2, 0.25) is 0 Å². The third-order valence-corrected chi connectivity index (χ3v) is 3.30. The van der Waals surface area contributed by atoms with Crippen LogP contribution in [0, 0.1) is 28.1 Å². The molecule has 0 aromatic carbocycles. The zero-order valence-corrected chi connectivity index (χ0v) is 12.8. The fraction of sp³-hybridized carbons (Fsp3) is 0.833. The SMILES string of the molecule is N#CC(C#N)(CC(F)(F)C(F)C(F)(F)F)CC(F)(F)C(F)(F)C(F)(F)C(F)F. The maximum Gasteiger partial charge on any atom is 0.425 e. The average Bonchev–Trinajstić information content (AvgIpc) is 2.51. The smallest absolute Gasteiger partial charge is 0.231 e. The Morgan fingerprint density at radius 1 is 0.679 bits per heavy atom. The average molecular weight is 444 g/mol. The number of hydrogen-bond donors (Lipinski definition) is 0. The molecule has 0 fully saturated rings. The van der Waals surface area contributed by atoms with Gasteiger partial charge in [0.1, 0.15) is 0 Å². The third-order valence-electron chi connectivity index (χ3n) is 3.30. The Hall–Kier alpha value is -2.00. The molecule has 28 heavy (non-hydrogen) atoms. The molecule has 0 aliphatic carbocycles. The second-order valence-electron chi connectivity index (χ2n) is 5.53. The van der Waals surface area contributed by atoms with E-state index in [0.29, 0.717) is 0 Å². The van der Waals surface area contributed by atoms with Gasteiger partial charge in [-0.3, -0.25) is 0 Å². The van der Waals surface area contributed by atoms with Crippen molar-refractivity contribution < 1.29 is 61.5 Å². The minimum Gasteiger partial charge on any atom is -0.231 e. The van der Waals surface area contributed by atoms with Crippen LogP contribution in [0.25, 0.3) is 0 Å². The van der Waals surface area contributed by atoms with Crippen molar-refractivity contribution in [3.05, 3.63) is 0 Å². The number of alkyl halides is 14. The molecule has 0 spiro atoms. The van der Waals surface area contributed by atoms with Gasteiger partial charge in [-0.05, 0) is 0 Å². The quantitative estimate of drug-likeness (QED) is 0.464. The summed E-state index contributed by atoms with van der Waals surface area (Å²) in [7, 11) is 0. The van der Waals surface area contributed by atoms with Crippen LogP contribution in [-0.2, 0) is 0 Å². The lowest BCUT2D eigenvalue weighted by Gasteiger charge is -2.36. The number of nitrogens with zero attached hydrogens (tertiary/aromatic N) is 2. The molecule has 0 aliphatic rings. The molecule has 0 amide bonds. The predicted molar refractivity (Wildman–Crippen MR) is 59.6 cm³/mol. The highest BCUT2D eigenvalue weighted by atomic mass is 19.4. The molecule has 1 unspecified atom stereocenters. The van der Waals surface area contributed by atoms with Crippen LogP contribution in [0.3, 0.4) is 0 Å². The van der Waals surface area contributed by atoms with E-state index in [9.17, 15) is 61.5 Å². The van der Waals surface area contributed by atoms with E-state index in [1.54, 1.807) is 0 Å². The van der Waals surface area contributed by atoms with E-state index in [1.807, 2.05) is 0 Å². The number of rotatable bonds is 8. The van der Waals surface area contributed by atoms with Crippen LogP contribution in [-0.4, -0.2) is 42.5 Å². The van der Waals surface area contributed by atoms with Crippen molar-refractivity contribution in [3.63, 3.8) is 0 Å². The molecule has 0 N–H and O–H groups in total. The van der Waals surface area contributed by atoms with E-state index in [2.05, 4.69) is 0 Å². The van der Waals surface area contributed by atoms with Gasteiger partial charge in [0.2, 0.25) is 0 Å². The van der Waals surface area contributed by atoms with Gasteiger partial charge in [0.25, 0.3) is 12.1 Å². The first-order valence-electron chi connectivity index (χ1n) is 6.46. The Balaban J connectivity index is 6.10. The van der Waals surface area contributed by atoms with Crippen LogP contribution in [0.15, 0.2) is 0 Å². The van der Waals surface area contributed by atoms with Crippen molar-refractivity contribution in [2.45, 2.75) is 55.3 Å². The molecule has 0 saturated carbocycles. The van der Waals surface area contributed by atoms with Gasteiger partial charge in [-0.2, -0.15) is 50.0 Å². The Morgan fingerprint density at radius 2 is 1.07 bits per heavy atom. The molecule has 1 atom stereocenters. The van der Waals surface area contributed by atoms with Gasteiger partial charge in [-0.15, -0.1) is 0 Å². The molecule has 0 aliphatic heterocycles. The van der Waals surface area contributed by atoms with Crippen LogP contribution >= 0.6 is 0 Å². The number of halogens is 14. The topological polar surface area (TPSA) is 47.6 Å². The Kier molecular flexibility index (Phi) is 6.91. The fourth-order valence-corrected chi connectivity index (χ4v) is 1.85. The summed E-state index contributed by atoms with van der Waals surface area (Å²) in [5, 5.41) is 17.1. The van der Waals surface area contributed by atoms with Crippen LogP contribution < -0.4 is 0 Å². The molecule has 0 radical (unpaired) electrons. The molecule has 2 nitrogen and oxygen atoms in total. The first-order chi connectivity index (χ1) is 12.1. The summed E-state index contributed by atoms with van der Waals surface area (Å²) in [6.45, 7) is 0. The lowest BCUT2D eigenvalue weighted by atomic mass is 9.77. The van der Waals surface area contributed by atoms with Crippen LogP contribution in [0.1, 0.15) is 12.8 Å². The van der Waals surface area contributed by atoms with Gasteiger partial charge < -0.3 is 0 Å². The van der Waals surface area contributed by atoms with Gasteiger partial charge >= 0.3 is 30.4 Å². The summed E-state index contributed by atoms with van der Waals surface area (Å²) >= 11 is 0. The molecule has 0 saturated heterocycles. The van der Waals surface area contributed by atoms with E-state index < -0.39 is 60.7 Å². The van der Waals surface area contributed by atoms with E-state index in [0.717, 1.165) is 0 Å². The number of hydrogen-bond acceptors (Lipinski definition) is 2. The van der Waals surface area contributed by atoms with Crippen LogP contribution in [0.5, 0.6) is 0 Å². The molecule has 0 aromatic heterocycles. The van der Waals surface area contributed by atoms with Gasteiger partial charge in [-0.25, -0.2) is 22.0 Å². The zero-order chi connectivity index (χ0) is 23.0. The second kappa shape index (κ2) is 7.44. The largest absolute Gasteiger partial charge is 0.425 e. The maximum absolute atomic E-state index is 13.5. The molecule has 162 valence electrons. The lowest BCUT2D eigenvalue weighted by Crippen LogP contribution is -2.59. The van der Waals surface area contributed by atoms with Gasteiger partial charge in [-0.1, -0.05) is 0 Å². The van der Waals surface area contributed by atoms with Crippen molar-refractivity contribution in [2.24, 2.45) is 5.41 Å².